The SMILES string of the molecule is CCC1SCCSC1c1noc(C(N)c2ccccc2)n1. The lowest BCUT2D eigenvalue weighted by atomic mass is 10.1. The van der Waals surface area contributed by atoms with Gasteiger partial charge in [-0.15, -0.1) is 11.8 Å². The van der Waals surface area contributed by atoms with Gasteiger partial charge < -0.3 is 10.3 Å². The molecule has 1 saturated heterocycles. The van der Waals surface area contributed by atoms with E-state index in [0.717, 1.165) is 23.6 Å². The summed E-state index contributed by atoms with van der Waals surface area (Å²) in [4.78, 5) is 4.57. The molecule has 112 valence electrons. The van der Waals surface area contributed by atoms with E-state index >= 15 is 0 Å². The number of benzene rings is 1. The highest BCUT2D eigenvalue weighted by atomic mass is 32.2. The molecule has 3 unspecified atom stereocenters. The summed E-state index contributed by atoms with van der Waals surface area (Å²) < 4.78 is 5.42. The lowest BCUT2D eigenvalue weighted by Crippen LogP contribution is -2.19. The third-order valence-electron chi connectivity index (χ3n) is 3.59. The summed E-state index contributed by atoms with van der Waals surface area (Å²) in [5.74, 6) is 3.64. The molecule has 3 rings (SSSR count). The van der Waals surface area contributed by atoms with Gasteiger partial charge in [0, 0.05) is 16.8 Å². The van der Waals surface area contributed by atoms with Crippen molar-refractivity contribution in [3.05, 3.63) is 47.6 Å². The molecule has 0 spiro atoms. The van der Waals surface area contributed by atoms with Crippen molar-refractivity contribution < 1.29 is 4.52 Å². The molecule has 2 N–H and O–H groups in total. The lowest BCUT2D eigenvalue weighted by Gasteiger charge is -2.27. The normalized spacial score (nSPS) is 23.9. The van der Waals surface area contributed by atoms with Crippen LogP contribution in [0.2, 0.25) is 0 Å². The monoisotopic (exact) mass is 321 g/mol. The molecule has 0 radical (unpaired) electrons. The molecule has 2 heterocycles. The van der Waals surface area contributed by atoms with Gasteiger partial charge in [0.2, 0.25) is 5.89 Å². The Hall–Kier alpha value is -0.980. The minimum absolute atomic E-state index is 0.314. The average Bonchev–Trinajstić information content (AvgIpc) is 3.04. The standard InChI is InChI=1S/C15H19N3OS2/c1-2-11-13(21-9-8-20-11)14-17-15(19-18-14)12(16)10-6-4-3-5-7-10/h3-7,11-13H,2,8-9,16H2,1H3. The minimum atomic E-state index is -0.353. The summed E-state index contributed by atoms with van der Waals surface area (Å²) >= 11 is 3.93. The number of rotatable bonds is 4. The van der Waals surface area contributed by atoms with Crippen LogP contribution in [0.4, 0.5) is 0 Å². The minimum Gasteiger partial charge on any atom is -0.337 e. The van der Waals surface area contributed by atoms with Crippen molar-refractivity contribution in [3.63, 3.8) is 0 Å². The van der Waals surface area contributed by atoms with Gasteiger partial charge in [-0.2, -0.15) is 16.7 Å². The number of nitrogens with two attached hydrogens (primary N) is 1. The van der Waals surface area contributed by atoms with Gasteiger partial charge >= 0.3 is 0 Å². The molecule has 0 saturated carbocycles. The predicted octanol–water partition coefficient (Wildman–Crippen LogP) is 3.42. The van der Waals surface area contributed by atoms with E-state index in [4.69, 9.17) is 10.3 Å². The molecule has 1 aromatic heterocycles. The highest BCUT2D eigenvalue weighted by Crippen LogP contribution is 2.43. The van der Waals surface area contributed by atoms with E-state index in [-0.39, 0.29) is 6.04 Å². The van der Waals surface area contributed by atoms with Gasteiger partial charge in [0.05, 0.1) is 5.25 Å². The lowest BCUT2D eigenvalue weighted by molar-refractivity contribution is 0.362. The first kappa shape index (κ1) is 14.9. The fraction of sp³-hybridized carbons (Fsp3) is 0.467. The predicted molar refractivity (Wildman–Crippen MR) is 88.5 cm³/mol. The third-order valence-corrected chi connectivity index (χ3v) is 6.83. The summed E-state index contributed by atoms with van der Waals surface area (Å²) in [6.45, 7) is 2.22. The average molecular weight is 321 g/mol. The van der Waals surface area contributed by atoms with E-state index in [1.165, 1.54) is 5.75 Å². The second-order valence-electron chi connectivity index (χ2n) is 4.99. The second kappa shape index (κ2) is 6.85. The van der Waals surface area contributed by atoms with Gasteiger partial charge in [-0.1, -0.05) is 42.4 Å². The van der Waals surface area contributed by atoms with Crippen LogP contribution in [0.1, 0.15) is 41.9 Å². The maximum Gasteiger partial charge on any atom is 0.248 e. The van der Waals surface area contributed by atoms with Crippen molar-refractivity contribution in [2.24, 2.45) is 5.73 Å². The molecular formula is C15H19N3OS2. The zero-order chi connectivity index (χ0) is 14.7. The summed E-state index contributed by atoms with van der Waals surface area (Å²) in [6.07, 6.45) is 1.12. The van der Waals surface area contributed by atoms with Crippen LogP contribution in [0.3, 0.4) is 0 Å². The van der Waals surface area contributed by atoms with Crippen LogP contribution >= 0.6 is 23.5 Å². The van der Waals surface area contributed by atoms with Crippen molar-refractivity contribution in [1.82, 2.24) is 10.1 Å². The first-order valence-electron chi connectivity index (χ1n) is 7.17. The van der Waals surface area contributed by atoms with Crippen LogP contribution in [0.5, 0.6) is 0 Å². The number of thioether (sulfide) groups is 2. The van der Waals surface area contributed by atoms with Gasteiger partial charge in [0.15, 0.2) is 5.82 Å². The Morgan fingerprint density at radius 3 is 2.81 bits per heavy atom. The molecule has 3 atom stereocenters. The second-order valence-corrected chi connectivity index (χ2v) is 7.58. The van der Waals surface area contributed by atoms with Gasteiger partial charge in [0.25, 0.3) is 0 Å². The molecule has 0 bridgehead atoms. The van der Waals surface area contributed by atoms with Crippen molar-refractivity contribution in [2.75, 3.05) is 11.5 Å². The first-order chi connectivity index (χ1) is 10.3. The Labute approximate surface area is 133 Å². The van der Waals surface area contributed by atoms with Crippen LogP contribution < -0.4 is 5.73 Å². The largest absolute Gasteiger partial charge is 0.337 e. The third kappa shape index (κ3) is 3.27. The van der Waals surface area contributed by atoms with Crippen molar-refractivity contribution in [2.45, 2.75) is 29.9 Å². The van der Waals surface area contributed by atoms with Crippen molar-refractivity contribution in [1.29, 1.82) is 0 Å². The van der Waals surface area contributed by atoms with Crippen LogP contribution in [-0.2, 0) is 0 Å². The van der Waals surface area contributed by atoms with Gasteiger partial charge in [-0.3, -0.25) is 0 Å². The summed E-state index contributed by atoms with van der Waals surface area (Å²) in [5.41, 5.74) is 7.21. The summed E-state index contributed by atoms with van der Waals surface area (Å²) in [6, 6.07) is 9.51. The molecule has 1 fully saturated rings. The van der Waals surface area contributed by atoms with Gasteiger partial charge in [-0.25, -0.2) is 0 Å². The molecule has 4 nitrogen and oxygen atoms in total. The van der Waals surface area contributed by atoms with Crippen molar-refractivity contribution in [3.8, 4) is 0 Å². The highest BCUT2D eigenvalue weighted by molar-refractivity contribution is 8.06. The van der Waals surface area contributed by atoms with E-state index in [0.29, 0.717) is 16.4 Å². The van der Waals surface area contributed by atoms with E-state index in [9.17, 15) is 0 Å². The number of aromatic nitrogens is 2. The highest BCUT2D eigenvalue weighted by Gasteiger charge is 2.31. The quantitative estimate of drug-likeness (QED) is 0.931. The van der Waals surface area contributed by atoms with Gasteiger partial charge in [0.1, 0.15) is 6.04 Å². The Morgan fingerprint density at radius 1 is 1.29 bits per heavy atom. The maximum atomic E-state index is 6.22. The molecule has 0 amide bonds. The zero-order valence-electron chi connectivity index (χ0n) is 11.9. The number of hydrogen-bond donors (Lipinski definition) is 1. The smallest absolute Gasteiger partial charge is 0.248 e. The topological polar surface area (TPSA) is 64.9 Å². The molecule has 6 heteroatoms. The Morgan fingerprint density at radius 2 is 2.05 bits per heavy atom. The molecule has 0 aliphatic carbocycles. The van der Waals surface area contributed by atoms with Crippen LogP contribution in [0, 0.1) is 0 Å². The Balaban J connectivity index is 1.79. The van der Waals surface area contributed by atoms with E-state index in [1.54, 1.807) is 0 Å². The maximum absolute atomic E-state index is 6.22. The van der Waals surface area contributed by atoms with E-state index in [1.807, 2.05) is 53.9 Å². The fourth-order valence-electron chi connectivity index (χ4n) is 2.43. The van der Waals surface area contributed by atoms with Crippen LogP contribution in [0.25, 0.3) is 0 Å². The summed E-state index contributed by atoms with van der Waals surface area (Å²) in [7, 11) is 0. The van der Waals surface area contributed by atoms with Crippen LogP contribution in [-0.4, -0.2) is 26.9 Å². The number of nitrogens with zero attached hydrogens (tertiary/aromatic N) is 2. The Kier molecular flexibility index (Phi) is 4.87. The Bertz CT molecular complexity index is 575. The van der Waals surface area contributed by atoms with E-state index < -0.39 is 0 Å². The van der Waals surface area contributed by atoms with Gasteiger partial charge in [-0.05, 0) is 12.0 Å². The molecule has 21 heavy (non-hydrogen) atoms. The molecule has 1 aliphatic heterocycles. The number of hydrogen-bond acceptors (Lipinski definition) is 6. The fourth-order valence-corrected chi connectivity index (χ4v) is 5.42. The van der Waals surface area contributed by atoms with Crippen molar-refractivity contribution >= 4 is 23.5 Å². The first-order valence-corrected chi connectivity index (χ1v) is 9.26. The molecule has 1 aliphatic rings. The van der Waals surface area contributed by atoms with E-state index in [2.05, 4.69) is 17.1 Å². The zero-order valence-corrected chi connectivity index (χ0v) is 13.6. The molecule has 2 aromatic rings. The summed E-state index contributed by atoms with van der Waals surface area (Å²) in [5, 5.41) is 5.06. The molecule has 1 aromatic carbocycles. The van der Waals surface area contributed by atoms with Crippen LogP contribution in [0.15, 0.2) is 34.9 Å². The molecular weight excluding hydrogens is 302 g/mol.